The van der Waals surface area contributed by atoms with Crippen LogP contribution in [0.25, 0.3) is 0 Å². The Morgan fingerprint density at radius 3 is 2.89 bits per heavy atom. The lowest BCUT2D eigenvalue weighted by atomic mass is 10.3. The molecule has 2 heterocycles. The SMILES string of the molecule is CCn1ccnc1CNC(C)C(=O)N1CCCC1. The average Bonchev–Trinajstić information content (AvgIpc) is 3.05. The van der Waals surface area contributed by atoms with E-state index in [-0.39, 0.29) is 11.9 Å². The van der Waals surface area contributed by atoms with E-state index in [9.17, 15) is 4.79 Å². The van der Waals surface area contributed by atoms with Crippen molar-refractivity contribution in [3.8, 4) is 0 Å². The largest absolute Gasteiger partial charge is 0.341 e. The van der Waals surface area contributed by atoms with Crippen LogP contribution in [-0.2, 0) is 17.9 Å². The molecule has 1 aromatic rings. The molecule has 0 radical (unpaired) electrons. The molecule has 100 valence electrons. The molecule has 1 aliphatic rings. The Morgan fingerprint density at radius 1 is 1.50 bits per heavy atom. The van der Waals surface area contributed by atoms with Crippen molar-refractivity contribution in [3.05, 3.63) is 18.2 Å². The van der Waals surface area contributed by atoms with Gasteiger partial charge in [-0.15, -0.1) is 0 Å². The number of aromatic nitrogens is 2. The third kappa shape index (κ3) is 2.90. The molecular weight excluding hydrogens is 228 g/mol. The van der Waals surface area contributed by atoms with Gasteiger partial charge in [-0.1, -0.05) is 0 Å². The maximum atomic E-state index is 12.1. The number of likely N-dealkylation sites (tertiary alicyclic amines) is 1. The first kappa shape index (κ1) is 13.1. The maximum absolute atomic E-state index is 12.1. The van der Waals surface area contributed by atoms with E-state index in [1.807, 2.05) is 18.0 Å². The highest BCUT2D eigenvalue weighted by molar-refractivity contribution is 5.81. The van der Waals surface area contributed by atoms with Crippen LogP contribution in [0, 0.1) is 0 Å². The minimum Gasteiger partial charge on any atom is -0.341 e. The third-order valence-electron chi connectivity index (χ3n) is 3.50. The standard InChI is InChI=1S/C13H22N4O/c1-3-16-9-6-14-12(16)10-15-11(2)13(18)17-7-4-5-8-17/h6,9,11,15H,3-5,7-8,10H2,1-2H3. The Labute approximate surface area is 108 Å². The smallest absolute Gasteiger partial charge is 0.239 e. The number of rotatable bonds is 5. The molecule has 1 amide bonds. The van der Waals surface area contributed by atoms with Gasteiger partial charge >= 0.3 is 0 Å². The van der Waals surface area contributed by atoms with Gasteiger partial charge in [0.25, 0.3) is 0 Å². The average molecular weight is 250 g/mol. The Bertz CT molecular complexity index is 395. The molecule has 5 nitrogen and oxygen atoms in total. The highest BCUT2D eigenvalue weighted by Gasteiger charge is 2.22. The molecule has 1 saturated heterocycles. The van der Waals surface area contributed by atoms with E-state index in [2.05, 4.69) is 21.8 Å². The van der Waals surface area contributed by atoms with Gasteiger partial charge in [0, 0.05) is 32.0 Å². The van der Waals surface area contributed by atoms with E-state index >= 15 is 0 Å². The monoisotopic (exact) mass is 250 g/mol. The van der Waals surface area contributed by atoms with E-state index in [1.165, 1.54) is 0 Å². The van der Waals surface area contributed by atoms with Crippen molar-refractivity contribution in [1.82, 2.24) is 19.8 Å². The predicted molar refractivity (Wildman–Crippen MR) is 70.0 cm³/mol. The van der Waals surface area contributed by atoms with Crippen LogP contribution in [-0.4, -0.2) is 39.5 Å². The molecule has 0 aromatic carbocycles. The lowest BCUT2D eigenvalue weighted by molar-refractivity contribution is -0.132. The highest BCUT2D eigenvalue weighted by Crippen LogP contribution is 2.09. The number of imidazole rings is 1. The summed E-state index contributed by atoms with van der Waals surface area (Å²) >= 11 is 0. The Kier molecular flexibility index (Phi) is 4.36. The summed E-state index contributed by atoms with van der Waals surface area (Å²) in [6, 6.07) is -0.134. The summed E-state index contributed by atoms with van der Waals surface area (Å²) in [5, 5.41) is 3.26. The Balaban J connectivity index is 1.84. The normalized spacial score (nSPS) is 17.1. The molecule has 1 atom stereocenters. The molecule has 1 unspecified atom stereocenters. The summed E-state index contributed by atoms with van der Waals surface area (Å²) in [7, 11) is 0. The molecule has 1 fully saturated rings. The van der Waals surface area contributed by atoms with Gasteiger partial charge in [0.2, 0.25) is 5.91 Å². The van der Waals surface area contributed by atoms with E-state index in [0.29, 0.717) is 6.54 Å². The fourth-order valence-electron chi connectivity index (χ4n) is 2.34. The van der Waals surface area contributed by atoms with Crippen LogP contribution in [0.3, 0.4) is 0 Å². The molecule has 0 spiro atoms. The van der Waals surface area contributed by atoms with E-state index in [0.717, 1.165) is 38.3 Å². The minimum absolute atomic E-state index is 0.134. The summed E-state index contributed by atoms with van der Waals surface area (Å²) in [4.78, 5) is 18.3. The number of carbonyl (C=O) groups excluding carboxylic acids is 1. The van der Waals surface area contributed by atoms with Gasteiger partial charge < -0.3 is 9.47 Å². The van der Waals surface area contributed by atoms with Gasteiger partial charge in [-0.25, -0.2) is 4.98 Å². The predicted octanol–water partition coefficient (Wildman–Crippen LogP) is 1.00. The second-order valence-electron chi connectivity index (χ2n) is 4.76. The molecule has 18 heavy (non-hydrogen) atoms. The number of carbonyl (C=O) groups is 1. The molecular formula is C13H22N4O. The zero-order valence-corrected chi connectivity index (χ0v) is 11.2. The van der Waals surface area contributed by atoms with Crippen molar-refractivity contribution in [2.45, 2.75) is 45.8 Å². The van der Waals surface area contributed by atoms with Gasteiger partial charge in [0.05, 0.1) is 12.6 Å². The lowest BCUT2D eigenvalue weighted by Gasteiger charge is -2.21. The first-order valence-electron chi connectivity index (χ1n) is 6.74. The number of hydrogen-bond acceptors (Lipinski definition) is 3. The van der Waals surface area contributed by atoms with Crippen LogP contribution in [0.1, 0.15) is 32.5 Å². The first-order valence-corrected chi connectivity index (χ1v) is 6.74. The van der Waals surface area contributed by atoms with Crippen LogP contribution in [0.2, 0.25) is 0 Å². The van der Waals surface area contributed by atoms with Crippen LogP contribution in [0.15, 0.2) is 12.4 Å². The van der Waals surface area contributed by atoms with Gasteiger partial charge in [0.15, 0.2) is 0 Å². The second kappa shape index (κ2) is 6.00. The van der Waals surface area contributed by atoms with Crippen LogP contribution < -0.4 is 5.32 Å². The summed E-state index contributed by atoms with van der Waals surface area (Å²) in [6.45, 7) is 7.39. The van der Waals surface area contributed by atoms with Gasteiger partial charge in [-0.2, -0.15) is 0 Å². The van der Waals surface area contributed by atoms with Crippen molar-refractivity contribution < 1.29 is 4.79 Å². The van der Waals surface area contributed by atoms with E-state index in [4.69, 9.17) is 0 Å². The maximum Gasteiger partial charge on any atom is 0.239 e. The molecule has 0 aliphatic carbocycles. The topological polar surface area (TPSA) is 50.2 Å². The van der Waals surface area contributed by atoms with Gasteiger partial charge in [-0.3, -0.25) is 10.1 Å². The number of nitrogens with one attached hydrogen (secondary N) is 1. The Hall–Kier alpha value is -1.36. The van der Waals surface area contributed by atoms with Crippen molar-refractivity contribution in [3.63, 3.8) is 0 Å². The minimum atomic E-state index is -0.134. The molecule has 1 N–H and O–H groups in total. The summed E-state index contributed by atoms with van der Waals surface area (Å²) in [6.07, 6.45) is 6.04. The third-order valence-corrected chi connectivity index (χ3v) is 3.50. The molecule has 0 bridgehead atoms. The first-order chi connectivity index (χ1) is 8.72. The van der Waals surface area contributed by atoms with Gasteiger partial charge in [0.1, 0.15) is 5.82 Å². The zero-order valence-electron chi connectivity index (χ0n) is 11.2. The number of hydrogen-bond donors (Lipinski definition) is 1. The summed E-state index contributed by atoms with van der Waals surface area (Å²) in [5.74, 6) is 1.20. The molecule has 0 saturated carbocycles. The van der Waals surface area contributed by atoms with E-state index in [1.54, 1.807) is 6.20 Å². The number of nitrogens with zero attached hydrogens (tertiary/aromatic N) is 3. The number of aryl methyl sites for hydroxylation is 1. The van der Waals surface area contributed by atoms with Crippen LogP contribution >= 0.6 is 0 Å². The fourth-order valence-corrected chi connectivity index (χ4v) is 2.34. The van der Waals surface area contributed by atoms with Crippen LogP contribution in [0.5, 0.6) is 0 Å². The zero-order chi connectivity index (χ0) is 13.0. The van der Waals surface area contributed by atoms with Gasteiger partial charge in [-0.05, 0) is 26.7 Å². The summed E-state index contributed by atoms with van der Waals surface area (Å²) in [5.41, 5.74) is 0. The second-order valence-corrected chi connectivity index (χ2v) is 4.76. The molecule has 5 heteroatoms. The summed E-state index contributed by atoms with van der Waals surface area (Å²) < 4.78 is 2.08. The molecule has 1 aliphatic heterocycles. The molecule has 1 aromatic heterocycles. The van der Waals surface area contributed by atoms with E-state index < -0.39 is 0 Å². The van der Waals surface area contributed by atoms with Crippen LogP contribution in [0.4, 0.5) is 0 Å². The van der Waals surface area contributed by atoms with Crippen molar-refractivity contribution in [1.29, 1.82) is 0 Å². The highest BCUT2D eigenvalue weighted by atomic mass is 16.2. The fraction of sp³-hybridized carbons (Fsp3) is 0.692. The Morgan fingerprint density at radius 2 is 2.22 bits per heavy atom. The van der Waals surface area contributed by atoms with Crippen molar-refractivity contribution in [2.75, 3.05) is 13.1 Å². The lowest BCUT2D eigenvalue weighted by Crippen LogP contribution is -2.43. The van der Waals surface area contributed by atoms with Crippen molar-refractivity contribution >= 4 is 5.91 Å². The number of amides is 1. The molecule has 2 rings (SSSR count). The van der Waals surface area contributed by atoms with Crippen molar-refractivity contribution in [2.24, 2.45) is 0 Å². The quantitative estimate of drug-likeness (QED) is 0.848.